The fraction of sp³-hybridized carbons (Fsp3) is 0.136. The molecule has 4 aromatic rings. The number of alkyl halides is 3. The molecule has 33 heavy (non-hydrogen) atoms. The lowest BCUT2D eigenvalue weighted by Gasteiger charge is -2.10. The Hall–Kier alpha value is -3.73. The van der Waals surface area contributed by atoms with Gasteiger partial charge in [-0.1, -0.05) is 42.1 Å². The van der Waals surface area contributed by atoms with Gasteiger partial charge in [0.2, 0.25) is 5.91 Å². The van der Waals surface area contributed by atoms with Crippen LogP contribution in [0.25, 0.3) is 11.0 Å². The molecule has 7 nitrogen and oxygen atoms in total. The molecule has 2 N–H and O–H groups in total. The Kier molecular flexibility index (Phi) is 6.40. The number of imidazole rings is 1. The van der Waals surface area contributed by atoms with E-state index in [-0.39, 0.29) is 17.0 Å². The number of halogens is 3. The van der Waals surface area contributed by atoms with Crippen molar-refractivity contribution in [1.82, 2.24) is 20.4 Å². The van der Waals surface area contributed by atoms with E-state index in [9.17, 15) is 22.8 Å². The first kappa shape index (κ1) is 22.5. The van der Waals surface area contributed by atoms with E-state index >= 15 is 0 Å². The molecular weight excluding hydrogens is 457 g/mol. The number of thioether (sulfide) groups is 1. The maximum atomic E-state index is 13.1. The second-order valence-electron chi connectivity index (χ2n) is 6.94. The van der Waals surface area contributed by atoms with Crippen LogP contribution in [0.3, 0.4) is 0 Å². The number of benzene rings is 2. The SMILES string of the molecule is O=C(CSc1nc2cc(C(F)(F)F)ccc2n1Cc1ccccc1)NNC(=O)c1ccco1. The van der Waals surface area contributed by atoms with E-state index in [1.54, 1.807) is 4.57 Å². The molecule has 0 fully saturated rings. The number of rotatable bonds is 6. The van der Waals surface area contributed by atoms with Gasteiger partial charge in [-0.15, -0.1) is 0 Å². The number of hydrogen-bond acceptors (Lipinski definition) is 5. The maximum Gasteiger partial charge on any atom is 0.416 e. The summed E-state index contributed by atoms with van der Waals surface area (Å²) in [7, 11) is 0. The Morgan fingerprint density at radius 3 is 2.52 bits per heavy atom. The second kappa shape index (κ2) is 9.41. The van der Waals surface area contributed by atoms with Gasteiger partial charge in [0.05, 0.1) is 35.2 Å². The van der Waals surface area contributed by atoms with Crippen molar-refractivity contribution in [1.29, 1.82) is 0 Å². The van der Waals surface area contributed by atoms with Gasteiger partial charge in [-0.05, 0) is 35.9 Å². The van der Waals surface area contributed by atoms with E-state index < -0.39 is 23.6 Å². The van der Waals surface area contributed by atoms with E-state index in [4.69, 9.17) is 4.42 Å². The number of hydrogen-bond donors (Lipinski definition) is 2. The molecular formula is C22H17F3N4O3S. The van der Waals surface area contributed by atoms with Crippen LogP contribution in [-0.4, -0.2) is 27.1 Å². The summed E-state index contributed by atoms with van der Waals surface area (Å²) in [6, 6.07) is 15.7. The number of carbonyl (C=O) groups is 2. The van der Waals surface area contributed by atoms with E-state index in [2.05, 4.69) is 15.8 Å². The summed E-state index contributed by atoms with van der Waals surface area (Å²) in [5.74, 6) is -1.22. The maximum absolute atomic E-state index is 13.1. The van der Waals surface area contributed by atoms with Gasteiger partial charge < -0.3 is 8.98 Å². The molecule has 0 saturated carbocycles. The normalized spacial score (nSPS) is 11.5. The van der Waals surface area contributed by atoms with Crippen LogP contribution in [0.2, 0.25) is 0 Å². The number of carbonyl (C=O) groups excluding carboxylic acids is 2. The number of amides is 2. The van der Waals surface area contributed by atoms with Crippen molar-refractivity contribution in [2.45, 2.75) is 17.9 Å². The standard InChI is InChI=1S/C22H17F3N4O3S/c23-22(24,25)15-8-9-17-16(11-15)26-21(29(17)12-14-5-2-1-3-6-14)33-13-19(30)27-28-20(31)18-7-4-10-32-18/h1-11H,12-13H2,(H,27,30)(H,28,31). The first-order valence-corrected chi connectivity index (χ1v) is 10.7. The summed E-state index contributed by atoms with van der Waals surface area (Å²) in [6.45, 7) is 0.363. The highest BCUT2D eigenvalue weighted by Crippen LogP contribution is 2.33. The minimum Gasteiger partial charge on any atom is -0.459 e. The first-order chi connectivity index (χ1) is 15.8. The summed E-state index contributed by atoms with van der Waals surface area (Å²) in [5.41, 5.74) is 5.31. The fourth-order valence-electron chi connectivity index (χ4n) is 3.08. The summed E-state index contributed by atoms with van der Waals surface area (Å²) >= 11 is 1.05. The van der Waals surface area contributed by atoms with Gasteiger partial charge in [0.25, 0.3) is 0 Å². The van der Waals surface area contributed by atoms with Crippen molar-refractivity contribution in [3.05, 3.63) is 83.8 Å². The van der Waals surface area contributed by atoms with E-state index in [1.807, 2.05) is 30.3 Å². The predicted octanol–water partition coefficient (Wildman–Crippen LogP) is 4.25. The van der Waals surface area contributed by atoms with Gasteiger partial charge >= 0.3 is 12.1 Å². The molecule has 4 rings (SSSR count). The molecule has 0 saturated heterocycles. The van der Waals surface area contributed by atoms with Crippen LogP contribution in [0.15, 0.2) is 76.5 Å². The van der Waals surface area contributed by atoms with Gasteiger partial charge in [-0.25, -0.2) is 4.98 Å². The molecule has 0 radical (unpaired) electrons. The number of nitrogens with one attached hydrogen (secondary N) is 2. The molecule has 0 bridgehead atoms. The van der Waals surface area contributed by atoms with Crippen molar-refractivity contribution in [3.8, 4) is 0 Å². The van der Waals surface area contributed by atoms with Gasteiger partial charge in [0.1, 0.15) is 0 Å². The van der Waals surface area contributed by atoms with Crippen molar-refractivity contribution < 1.29 is 27.2 Å². The average molecular weight is 474 g/mol. The molecule has 0 aliphatic heterocycles. The third-order valence-electron chi connectivity index (χ3n) is 4.62. The van der Waals surface area contributed by atoms with Crippen LogP contribution in [0.5, 0.6) is 0 Å². The fourth-order valence-corrected chi connectivity index (χ4v) is 3.89. The third-order valence-corrected chi connectivity index (χ3v) is 5.59. The van der Waals surface area contributed by atoms with Crippen molar-refractivity contribution in [2.75, 3.05) is 5.75 Å². The first-order valence-electron chi connectivity index (χ1n) is 9.68. The van der Waals surface area contributed by atoms with Crippen LogP contribution in [0.4, 0.5) is 13.2 Å². The highest BCUT2D eigenvalue weighted by Gasteiger charge is 2.31. The number of nitrogens with zero attached hydrogens (tertiary/aromatic N) is 2. The number of hydrazine groups is 1. The molecule has 2 amide bonds. The number of aromatic nitrogens is 2. The molecule has 2 heterocycles. The Labute approximate surface area is 189 Å². The van der Waals surface area contributed by atoms with E-state index in [0.717, 1.165) is 29.5 Å². The van der Waals surface area contributed by atoms with Crippen LogP contribution in [-0.2, 0) is 17.5 Å². The molecule has 0 aliphatic carbocycles. The molecule has 170 valence electrons. The van der Waals surface area contributed by atoms with Crippen LogP contribution < -0.4 is 10.9 Å². The monoisotopic (exact) mass is 474 g/mol. The molecule has 2 aromatic carbocycles. The van der Waals surface area contributed by atoms with Crippen LogP contribution in [0.1, 0.15) is 21.7 Å². The highest BCUT2D eigenvalue weighted by atomic mass is 32.2. The van der Waals surface area contributed by atoms with Gasteiger partial charge in [0, 0.05) is 0 Å². The number of furan rings is 1. The molecule has 0 aliphatic rings. The lowest BCUT2D eigenvalue weighted by atomic mass is 10.2. The minimum atomic E-state index is -4.49. The minimum absolute atomic E-state index is 0.0353. The Morgan fingerprint density at radius 2 is 1.82 bits per heavy atom. The summed E-state index contributed by atoms with van der Waals surface area (Å²) in [4.78, 5) is 28.4. The Bertz CT molecular complexity index is 1270. The molecule has 0 atom stereocenters. The van der Waals surface area contributed by atoms with Crippen LogP contribution in [0, 0.1) is 0 Å². The van der Waals surface area contributed by atoms with Crippen molar-refractivity contribution in [3.63, 3.8) is 0 Å². The largest absolute Gasteiger partial charge is 0.459 e. The van der Waals surface area contributed by atoms with Gasteiger partial charge in [-0.3, -0.25) is 20.4 Å². The van der Waals surface area contributed by atoms with Gasteiger partial charge in [0.15, 0.2) is 10.9 Å². The number of fused-ring (bicyclic) bond motifs is 1. The van der Waals surface area contributed by atoms with Crippen molar-refractivity contribution >= 4 is 34.6 Å². The lowest BCUT2D eigenvalue weighted by molar-refractivity contribution is -0.137. The zero-order valence-corrected chi connectivity index (χ0v) is 17.7. The molecule has 0 spiro atoms. The average Bonchev–Trinajstić information content (AvgIpc) is 3.44. The molecule has 2 aromatic heterocycles. The predicted molar refractivity (Wildman–Crippen MR) is 115 cm³/mol. The topological polar surface area (TPSA) is 89.2 Å². The summed E-state index contributed by atoms with van der Waals surface area (Å²) in [5, 5.41) is 0.376. The lowest BCUT2D eigenvalue weighted by Crippen LogP contribution is -2.42. The molecule has 11 heteroatoms. The highest BCUT2D eigenvalue weighted by molar-refractivity contribution is 7.99. The summed E-state index contributed by atoms with van der Waals surface area (Å²) < 4.78 is 46.1. The quantitative estimate of drug-likeness (QED) is 0.322. The smallest absolute Gasteiger partial charge is 0.416 e. The van der Waals surface area contributed by atoms with Crippen molar-refractivity contribution in [2.24, 2.45) is 0 Å². The zero-order valence-electron chi connectivity index (χ0n) is 16.9. The van der Waals surface area contributed by atoms with E-state index in [1.165, 1.54) is 24.5 Å². The summed E-state index contributed by atoms with van der Waals surface area (Å²) in [6.07, 6.45) is -3.16. The molecule has 0 unspecified atom stereocenters. The van der Waals surface area contributed by atoms with E-state index in [0.29, 0.717) is 17.2 Å². The Morgan fingerprint density at radius 1 is 1.03 bits per heavy atom. The zero-order chi connectivity index (χ0) is 23.4. The second-order valence-corrected chi connectivity index (χ2v) is 7.88. The van der Waals surface area contributed by atoms with Crippen LogP contribution >= 0.6 is 11.8 Å². The Balaban J connectivity index is 1.52. The van der Waals surface area contributed by atoms with Gasteiger partial charge in [-0.2, -0.15) is 13.2 Å². The third kappa shape index (κ3) is 5.37.